The van der Waals surface area contributed by atoms with Crippen LogP contribution in [0.2, 0.25) is 0 Å². The summed E-state index contributed by atoms with van der Waals surface area (Å²) in [6.45, 7) is 6.99. The van der Waals surface area contributed by atoms with Gasteiger partial charge in [-0.1, -0.05) is 31.4 Å². The number of ether oxygens (including phenoxy) is 1. The van der Waals surface area contributed by atoms with E-state index >= 15 is 0 Å². The summed E-state index contributed by atoms with van der Waals surface area (Å²) in [5.41, 5.74) is 2.36. The lowest BCUT2D eigenvalue weighted by atomic mass is 9.94. The highest BCUT2D eigenvalue weighted by atomic mass is 16.5. The lowest BCUT2D eigenvalue weighted by Crippen LogP contribution is -2.45. The first-order chi connectivity index (χ1) is 15.8. The molecule has 1 aliphatic carbocycles. The fourth-order valence-electron chi connectivity index (χ4n) is 5.60. The second-order valence-corrected chi connectivity index (χ2v) is 9.57. The number of fused-ring (bicyclic) bond motifs is 1. The Morgan fingerprint density at radius 3 is 2.53 bits per heavy atom. The molecule has 2 aliphatic heterocycles. The Morgan fingerprint density at radius 1 is 1.00 bits per heavy atom. The molecular weight excluding hydrogens is 402 g/mol. The van der Waals surface area contributed by atoms with E-state index in [2.05, 4.69) is 43.9 Å². The largest absolute Gasteiger partial charge is 0.379 e. The number of anilines is 1. The van der Waals surface area contributed by atoms with Crippen LogP contribution in [-0.2, 0) is 9.53 Å². The molecule has 1 amide bonds. The van der Waals surface area contributed by atoms with Gasteiger partial charge in [-0.15, -0.1) is 0 Å². The summed E-state index contributed by atoms with van der Waals surface area (Å²) in [6, 6.07) is 9.10. The van der Waals surface area contributed by atoms with Gasteiger partial charge in [-0.2, -0.15) is 0 Å². The molecule has 174 valence electrons. The molecule has 0 spiro atoms. The standard InChI is InChI=1S/C25H37N5O2/c31-24(26-12-15-28-16-18-32-19-17-28)20-10-13-29(14-11-20)25-27-22-8-4-5-9-23(22)30(25)21-6-2-1-3-7-21/h4-5,8-9,20-21H,1-3,6-7,10-19H2,(H,26,31). The average molecular weight is 440 g/mol. The van der Waals surface area contributed by atoms with Crippen LogP contribution in [0.25, 0.3) is 11.0 Å². The van der Waals surface area contributed by atoms with Crippen molar-refractivity contribution < 1.29 is 9.53 Å². The molecule has 0 radical (unpaired) electrons. The fourth-order valence-corrected chi connectivity index (χ4v) is 5.60. The normalized spacial score (nSPS) is 21.8. The van der Waals surface area contributed by atoms with Crippen LogP contribution in [0.15, 0.2) is 24.3 Å². The molecule has 3 fully saturated rings. The number of aromatic nitrogens is 2. The Balaban J connectivity index is 1.20. The molecule has 2 saturated heterocycles. The van der Waals surface area contributed by atoms with Crippen molar-refractivity contribution in [2.45, 2.75) is 51.0 Å². The number of carbonyl (C=O) groups excluding carboxylic acids is 1. The minimum Gasteiger partial charge on any atom is -0.379 e. The summed E-state index contributed by atoms with van der Waals surface area (Å²) >= 11 is 0. The number of piperidine rings is 1. The van der Waals surface area contributed by atoms with Gasteiger partial charge in [0, 0.05) is 51.2 Å². The number of imidazole rings is 1. The zero-order chi connectivity index (χ0) is 21.8. The van der Waals surface area contributed by atoms with E-state index < -0.39 is 0 Å². The Morgan fingerprint density at radius 2 is 1.75 bits per heavy atom. The maximum absolute atomic E-state index is 12.7. The third-order valence-corrected chi connectivity index (χ3v) is 7.50. The number of rotatable bonds is 6. The molecule has 3 aliphatic rings. The van der Waals surface area contributed by atoms with Gasteiger partial charge in [-0.05, 0) is 37.8 Å². The summed E-state index contributed by atoms with van der Waals surface area (Å²) in [5.74, 6) is 1.45. The number of nitrogens with one attached hydrogen (secondary N) is 1. The van der Waals surface area contributed by atoms with Gasteiger partial charge >= 0.3 is 0 Å². The van der Waals surface area contributed by atoms with Gasteiger partial charge in [0.2, 0.25) is 11.9 Å². The Bertz CT molecular complexity index is 893. The first-order valence-electron chi connectivity index (χ1n) is 12.6. The Labute approximate surface area is 191 Å². The van der Waals surface area contributed by atoms with Crippen molar-refractivity contribution in [3.63, 3.8) is 0 Å². The summed E-state index contributed by atoms with van der Waals surface area (Å²) in [7, 11) is 0. The quantitative estimate of drug-likeness (QED) is 0.749. The van der Waals surface area contributed by atoms with Crippen LogP contribution in [0.3, 0.4) is 0 Å². The van der Waals surface area contributed by atoms with Gasteiger partial charge in [0.1, 0.15) is 0 Å². The lowest BCUT2D eigenvalue weighted by Gasteiger charge is -2.34. The van der Waals surface area contributed by atoms with E-state index in [1.807, 2.05) is 0 Å². The second-order valence-electron chi connectivity index (χ2n) is 9.57. The molecule has 1 aromatic carbocycles. The number of nitrogens with zero attached hydrogens (tertiary/aromatic N) is 4. The van der Waals surface area contributed by atoms with E-state index in [1.54, 1.807) is 0 Å². The highest BCUT2D eigenvalue weighted by Crippen LogP contribution is 2.36. The lowest BCUT2D eigenvalue weighted by molar-refractivity contribution is -0.125. The number of para-hydroxylation sites is 2. The monoisotopic (exact) mass is 439 g/mol. The maximum atomic E-state index is 12.7. The van der Waals surface area contributed by atoms with Gasteiger partial charge in [-0.25, -0.2) is 4.98 Å². The van der Waals surface area contributed by atoms with Crippen LogP contribution in [0.4, 0.5) is 5.95 Å². The van der Waals surface area contributed by atoms with Gasteiger partial charge < -0.3 is 19.5 Å². The SMILES string of the molecule is O=C(NCCN1CCOCC1)C1CCN(c2nc3ccccc3n2C2CCCCC2)CC1. The molecule has 1 saturated carbocycles. The molecule has 5 rings (SSSR count). The van der Waals surface area contributed by atoms with Gasteiger partial charge in [0.05, 0.1) is 24.2 Å². The molecule has 3 heterocycles. The predicted molar refractivity (Wildman–Crippen MR) is 127 cm³/mol. The van der Waals surface area contributed by atoms with Crippen LogP contribution in [0.5, 0.6) is 0 Å². The topological polar surface area (TPSA) is 62.6 Å². The maximum Gasteiger partial charge on any atom is 0.223 e. The van der Waals surface area contributed by atoms with E-state index in [0.29, 0.717) is 6.04 Å². The number of amides is 1. The molecule has 0 atom stereocenters. The van der Waals surface area contributed by atoms with Gasteiger partial charge in [0.15, 0.2) is 0 Å². The van der Waals surface area contributed by atoms with Crippen molar-refractivity contribution in [1.29, 1.82) is 0 Å². The number of carbonyl (C=O) groups is 1. The molecule has 32 heavy (non-hydrogen) atoms. The zero-order valence-corrected chi connectivity index (χ0v) is 19.2. The molecule has 7 heteroatoms. The first kappa shape index (κ1) is 21.7. The summed E-state index contributed by atoms with van der Waals surface area (Å²) < 4.78 is 7.91. The smallest absolute Gasteiger partial charge is 0.223 e. The molecular formula is C25H37N5O2. The minimum atomic E-state index is 0.114. The number of hydrogen-bond acceptors (Lipinski definition) is 5. The van der Waals surface area contributed by atoms with Crippen molar-refractivity contribution in [3.8, 4) is 0 Å². The van der Waals surface area contributed by atoms with Crippen molar-refractivity contribution in [2.75, 3.05) is 57.4 Å². The molecule has 0 bridgehead atoms. The molecule has 1 aromatic heterocycles. The van der Waals surface area contributed by atoms with Crippen molar-refractivity contribution in [2.24, 2.45) is 5.92 Å². The van der Waals surface area contributed by atoms with Crippen molar-refractivity contribution in [1.82, 2.24) is 19.8 Å². The highest BCUT2D eigenvalue weighted by molar-refractivity contribution is 5.80. The Hall–Kier alpha value is -2.12. The molecule has 2 aromatic rings. The second kappa shape index (κ2) is 10.2. The average Bonchev–Trinajstić information content (AvgIpc) is 3.25. The van der Waals surface area contributed by atoms with Crippen molar-refractivity contribution in [3.05, 3.63) is 24.3 Å². The number of hydrogen-bond donors (Lipinski definition) is 1. The van der Waals surface area contributed by atoms with E-state index in [9.17, 15) is 4.79 Å². The predicted octanol–water partition coefficient (Wildman–Crippen LogP) is 3.21. The van der Waals surface area contributed by atoms with Crippen LogP contribution in [-0.4, -0.2) is 72.8 Å². The summed E-state index contributed by atoms with van der Waals surface area (Å²) in [4.78, 5) is 22.6. The highest BCUT2D eigenvalue weighted by Gasteiger charge is 2.29. The minimum absolute atomic E-state index is 0.114. The van der Waals surface area contributed by atoms with Crippen LogP contribution >= 0.6 is 0 Å². The summed E-state index contributed by atoms with van der Waals surface area (Å²) in [6.07, 6.45) is 8.26. The molecule has 0 unspecified atom stereocenters. The van der Waals surface area contributed by atoms with E-state index in [0.717, 1.165) is 76.8 Å². The third-order valence-electron chi connectivity index (χ3n) is 7.50. The van der Waals surface area contributed by atoms with E-state index in [1.165, 1.54) is 37.6 Å². The molecule has 7 nitrogen and oxygen atoms in total. The fraction of sp³-hybridized carbons (Fsp3) is 0.680. The van der Waals surface area contributed by atoms with Crippen LogP contribution in [0, 0.1) is 5.92 Å². The first-order valence-corrected chi connectivity index (χ1v) is 12.6. The van der Waals surface area contributed by atoms with E-state index in [-0.39, 0.29) is 11.8 Å². The van der Waals surface area contributed by atoms with Gasteiger partial charge in [0.25, 0.3) is 0 Å². The number of benzene rings is 1. The van der Waals surface area contributed by atoms with Gasteiger partial charge in [-0.3, -0.25) is 9.69 Å². The van der Waals surface area contributed by atoms with Crippen LogP contribution < -0.4 is 10.2 Å². The third kappa shape index (κ3) is 4.79. The van der Waals surface area contributed by atoms with E-state index in [4.69, 9.17) is 9.72 Å². The van der Waals surface area contributed by atoms with Crippen LogP contribution in [0.1, 0.15) is 51.0 Å². The molecule has 1 N–H and O–H groups in total. The zero-order valence-electron chi connectivity index (χ0n) is 19.2. The summed E-state index contributed by atoms with van der Waals surface area (Å²) in [5, 5.41) is 3.18. The van der Waals surface area contributed by atoms with Crippen molar-refractivity contribution >= 4 is 22.9 Å². The Kier molecular flexibility index (Phi) is 6.93. The number of morpholine rings is 1.